The predicted octanol–water partition coefficient (Wildman–Crippen LogP) is 3.51. The molecule has 0 spiro atoms. The summed E-state index contributed by atoms with van der Waals surface area (Å²) in [6.45, 7) is 0. The van der Waals surface area contributed by atoms with E-state index >= 15 is 0 Å². The summed E-state index contributed by atoms with van der Waals surface area (Å²) >= 11 is 0. The lowest BCUT2D eigenvalue weighted by Crippen LogP contribution is -2.20. The van der Waals surface area contributed by atoms with Crippen molar-refractivity contribution in [2.45, 2.75) is 12.5 Å². The number of rotatable bonds is 2. The highest BCUT2D eigenvalue weighted by atomic mass is 19.4. The molecule has 0 fully saturated rings. The van der Waals surface area contributed by atoms with Crippen LogP contribution in [-0.2, 0) is 6.18 Å². The Hall–Kier alpha value is -2.00. The summed E-state index contributed by atoms with van der Waals surface area (Å²) in [7, 11) is 0. The lowest BCUT2D eigenvalue weighted by molar-refractivity contribution is -0.385. The van der Waals surface area contributed by atoms with Crippen LogP contribution in [0.3, 0.4) is 0 Å². The van der Waals surface area contributed by atoms with Crippen molar-refractivity contribution < 1.29 is 36.0 Å². The molecule has 0 heterocycles. The van der Waals surface area contributed by atoms with Crippen LogP contribution in [0.4, 0.5) is 32.0 Å². The molecule has 0 radical (unpaired) electrons. The smallest absolute Gasteiger partial charge is 0.405 e. The largest absolute Gasteiger partial charge is 0.573 e. The Bertz CT molecular complexity index is 467. The van der Waals surface area contributed by atoms with E-state index in [1.807, 2.05) is 0 Å². The summed E-state index contributed by atoms with van der Waals surface area (Å²) < 4.78 is 75.9. The van der Waals surface area contributed by atoms with Crippen LogP contribution in [0, 0.1) is 10.1 Å². The van der Waals surface area contributed by atoms with Crippen LogP contribution >= 0.6 is 0 Å². The van der Waals surface area contributed by atoms with E-state index in [2.05, 4.69) is 4.74 Å². The van der Waals surface area contributed by atoms with Crippen molar-refractivity contribution in [1.29, 1.82) is 0 Å². The maximum Gasteiger partial charge on any atom is 0.573 e. The summed E-state index contributed by atoms with van der Waals surface area (Å²) in [4.78, 5) is 9.09. The Kier molecular flexibility index (Phi) is 3.40. The Balaban J connectivity index is 3.30. The first kappa shape index (κ1) is 14.1. The summed E-state index contributed by atoms with van der Waals surface area (Å²) in [5.41, 5.74) is -2.86. The number of hydrogen-bond acceptors (Lipinski definition) is 3. The highest BCUT2D eigenvalue weighted by molar-refractivity contribution is 5.45. The molecular weight excluding hydrogens is 272 g/mol. The number of alkyl halides is 6. The summed E-state index contributed by atoms with van der Waals surface area (Å²) in [6, 6.07) is 0.700. The van der Waals surface area contributed by atoms with E-state index in [1.54, 1.807) is 0 Å². The predicted molar refractivity (Wildman–Crippen MR) is 44.8 cm³/mol. The second kappa shape index (κ2) is 4.35. The van der Waals surface area contributed by atoms with Crippen LogP contribution in [0.2, 0.25) is 0 Å². The summed E-state index contributed by atoms with van der Waals surface area (Å²) in [5, 5.41) is 10.3. The molecule has 100 valence electrons. The molecule has 0 N–H and O–H groups in total. The van der Waals surface area contributed by atoms with E-state index < -0.39 is 34.5 Å². The molecule has 0 aromatic heterocycles. The van der Waals surface area contributed by atoms with Gasteiger partial charge in [0.2, 0.25) is 0 Å². The van der Waals surface area contributed by atoms with Crippen molar-refractivity contribution in [3.8, 4) is 5.75 Å². The first-order chi connectivity index (χ1) is 8.00. The van der Waals surface area contributed by atoms with E-state index in [-0.39, 0.29) is 12.1 Å². The second-order valence-corrected chi connectivity index (χ2v) is 2.98. The minimum atomic E-state index is -5.32. The molecule has 1 aromatic carbocycles. The highest BCUT2D eigenvalue weighted by Crippen LogP contribution is 2.40. The molecule has 0 saturated carbocycles. The molecule has 0 bridgehead atoms. The van der Waals surface area contributed by atoms with Gasteiger partial charge in [0.25, 0.3) is 5.69 Å². The third kappa shape index (κ3) is 3.50. The molecule has 0 aliphatic rings. The summed E-state index contributed by atoms with van der Waals surface area (Å²) in [5.74, 6) is -1.54. The van der Waals surface area contributed by atoms with Crippen molar-refractivity contribution in [3.05, 3.63) is 33.9 Å². The van der Waals surface area contributed by atoms with Crippen molar-refractivity contribution in [1.82, 2.24) is 0 Å². The lowest BCUT2D eigenvalue weighted by Gasteiger charge is -2.14. The van der Waals surface area contributed by atoms with E-state index in [4.69, 9.17) is 0 Å². The first-order valence-electron chi connectivity index (χ1n) is 4.12. The average molecular weight is 275 g/mol. The second-order valence-electron chi connectivity index (χ2n) is 2.98. The number of benzene rings is 1. The first-order valence-corrected chi connectivity index (χ1v) is 4.12. The number of non-ortho nitro benzene ring substituents is 1. The van der Waals surface area contributed by atoms with Gasteiger partial charge in [-0.1, -0.05) is 0 Å². The van der Waals surface area contributed by atoms with Gasteiger partial charge in [-0.3, -0.25) is 10.1 Å². The number of ether oxygens (including phenoxy) is 1. The fourth-order valence-electron chi connectivity index (χ4n) is 1.07. The Morgan fingerprint density at radius 2 is 1.67 bits per heavy atom. The van der Waals surface area contributed by atoms with Gasteiger partial charge in [-0.05, 0) is 6.07 Å². The molecule has 4 nitrogen and oxygen atoms in total. The standard InChI is InChI=1S/C8H3F6NO3/c9-7(10,11)5-3-4(15(16)17)1-2-6(5)18-8(12,13)14/h1-3H. The molecule has 18 heavy (non-hydrogen) atoms. The molecule has 0 aliphatic heterocycles. The molecule has 10 heteroatoms. The normalized spacial score (nSPS) is 12.3. The molecule has 0 aliphatic carbocycles. The van der Waals surface area contributed by atoms with Gasteiger partial charge in [-0.2, -0.15) is 13.2 Å². The maximum atomic E-state index is 12.4. The molecule has 0 amide bonds. The summed E-state index contributed by atoms with van der Waals surface area (Å²) in [6.07, 6.45) is -10.5. The minimum Gasteiger partial charge on any atom is -0.405 e. The third-order valence-corrected chi connectivity index (χ3v) is 1.71. The van der Waals surface area contributed by atoms with E-state index in [0.29, 0.717) is 6.07 Å². The number of hydrogen-bond donors (Lipinski definition) is 0. The zero-order valence-corrected chi connectivity index (χ0v) is 8.17. The van der Waals surface area contributed by atoms with Crippen LogP contribution in [0.15, 0.2) is 18.2 Å². The van der Waals surface area contributed by atoms with E-state index in [0.717, 1.165) is 0 Å². The molecule has 0 atom stereocenters. The Morgan fingerprint density at radius 1 is 1.11 bits per heavy atom. The van der Waals surface area contributed by atoms with Gasteiger partial charge in [0.1, 0.15) is 11.3 Å². The molecule has 1 aromatic rings. The SMILES string of the molecule is O=[N+]([O-])c1ccc(OC(F)(F)F)c(C(F)(F)F)c1. The Labute approximate surface area is 94.9 Å². The fourth-order valence-corrected chi connectivity index (χ4v) is 1.07. The van der Waals surface area contributed by atoms with Crippen LogP contribution in [0.1, 0.15) is 5.56 Å². The highest BCUT2D eigenvalue weighted by Gasteiger charge is 2.40. The minimum absolute atomic E-state index is 0.0267. The number of nitrogens with zero attached hydrogens (tertiary/aromatic N) is 1. The number of nitro benzene ring substituents is 1. The van der Waals surface area contributed by atoms with Gasteiger partial charge in [0, 0.05) is 12.1 Å². The van der Waals surface area contributed by atoms with Crippen molar-refractivity contribution in [3.63, 3.8) is 0 Å². The zero-order chi connectivity index (χ0) is 14.1. The van der Waals surface area contributed by atoms with Crippen LogP contribution in [0.25, 0.3) is 0 Å². The van der Waals surface area contributed by atoms with Gasteiger partial charge >= 0.3 is 12.5 Å². The van der Waals surface area contributed by atoms with Gasteiger partial charge in [-0.15, -0.1) is 13.2 Å². The molecule has 1 rings (SSSR count). The average Bonchev–Trinajstić information content (AvgIpc) is 2.13. The molecule has 0 saturated heterocycles. The lowest BCUT2D eigenvalue weighted by atomic mass is 10.1. The topological polar surface area (TPSA) is 52.4 Å². The van der Waals surface area contributed by atoms with Crippen LogP contribution < -0.4 is 4.74 Å². The monoisotopic (exact) mass is 275 g/mol. The van der Waals surface area contributed by atoms with Crippen molar-refractivity contribution in [2.75, 3.05) is 0 Å². The van der Waals surface area contributed by atoms with E-state index in [9.17, 15) is 36.5 Å². The van der Waals surface area contributed by atoms with Gasteiger partial charge in [-0.25, -0.2) is 0 Å². The third-order valence-electron chi connectivity index (χ3n) is 1.71. The number of nitro groups is 1. The quantitative estimate of drug-likeness (QED) is 0.471. The number of halogens is 6. The van der Waals surface area contributed by atoms with Gasteiger partial charge in [0.05, 0.1) is 4.92 Å². The molecule has 0 unspecified atom stereocenters. The van der Waals surface area contributed by atoms with Crippen molar-refractivity contribution in [2.24, 2.45) is 0 Å². The zero-order valence-electron chi connectivity index (χ0n) is 8.17. The van der Waals surface area contributed by atoms with Crippen LogP contribution in [0.5, 0.6) is 5.75 Å². The van der Waals surface area contributed by atoms with Crippen LogP contribution in [-0.4, -0.2) is 11.3 Å². The van der Waals surface area contributed by atoms with Gasteiger partial charge < -0.3 is 4.74 Å². The van der Waals surface area contributed by atoms with E-state index in [1.165, 1.54) is 0 Å². The maximum absolute atomic E-state index is 12.4. The van der Waals surface area contributed by atoms with Gasteiger partial charge in [0.15, 0.2) is 0 Å². The Morgan fingerprint density at radius 3 is 2.06 bits per heavy atom. The van der Waals surface area contributed by atoms with Crippen molar-refractivity contribution >= 4 is 5.69 Å². The molecular formula is C8H3F6NO3. The fraction of sp³-hybridized carbons (Fsp3) is 0.250.